The predicted octanol–water partition coefficient (Wildman–Crippen LogP) is 4.50. The van der Waals surface area contributed by atoms with Crippen molar-refractivity contribution >= 4 is 45.2 Å². The highest BCUT2D eigenvalue weighted by molar-refractivity contribution is 14.2. The van der Waals surface area contributed by atoms with Crippen LogP contribution in [0.1, 0.15) is 17.9 Å². The maximum absolute atomic E-state index is 2.37. The fourth-order valence-electron chi connectivity index (χ4n) is 1.64. The Labute approximate surface area is 106 Å². The minimum Gasteiger partial charge on any atom is -0.0622 e. The van der Waals surface area contributed by atoms with Crippen LogP contribution in [-0.2, 0) is 0 Å². The highest BCUT2D eigenvalue weighted by atomic mass is 127. The van der Waals surface area contributed by atoms with Gasteiger partial charge in [0.25, 0.3) is 0 Å². The van der Waals surface area contributed by atoms with Crippen molar-refractivity contribution in [1.29, 1.82) is 0 Å². The van der Waals surface area contributed by atoms with Crippen LogP contribution in [0.2, 0.25) is 0 Å². The van der Waals surface area contributed by atoms with Crippen LogP contribution < -0.4 is 0 Å². The van der Waals surface area contributed by atoms with Crippen molar-refractivity contribution in [3.63, 3.8) is 0 Å². The van der Waals surface area contributed by atoms with Crippen LogP contribution in [0.5, 0.6) is 0 Å². The highest BCUT2D eigenvalue weighted by Crippen LogP contribution is 2.49. The molecule has 0 heterocycles. The van der Waals surface area contributed by atoms with Gasteiger partial charge < -0.3 is 0 Å². The molecule has 0 nitrogen and oxygen atoms in total. The summed E-state index contributed by atoms with van der Waals surface area (Å²) in [6.07, 6.45) is 3.71. The topological polar surface area (TPSA) is 0 Å². The molecule has 1 aliphatic carbocycles. The Bertz CT molecular complexity index is 312. The van der Waals surface area contributed by atoms with E-state index in [9.17, 15) is 0 Å². The number of allylic oxidation sites excluding steroid dienone is 1. The molecule has 0 saturated heterocycles. The van der Waals surface area contributed by atoms with E-state index in [-0.39, 0.29) is 0 Å². The molecule has 0 radical (unpaired) electrons. The molecule has 68 valence electrons. The first kappa shape index (κ1) is 9.96. The maximum atomic E-state index is 2.37. The van der Waals surface area contributed by atoms with Crippen LogP contribution in [0.4, 0.5) is 0 Å². The van der Waals surface area contributed by atoms with Gasteiger partial charge in [0.2, 0.25) is 0 Å². The van der Waals surface area contributed by atoms with E-state index in [1.54, 1.807) is 0 Å². The fraction of sp³-hybridized carbons (Fsp3) is 0.273. The third-order valence-corrected chi connectivity index (χ3v) is 3.13. The number of hydrogen-bond donors (Lipinski definition) is 0. The second-order valence-electron chi connectivity index (χ2n) is 3.37. The van der Waals surface area contributed by atoms with Crippen molar-refractivity contribution in [1.82, 2.24) is 0 Å². The van der Waals surface area contributed by atoms with Crippen LogP contribution in [-0.4, -0.2) is 0 Å². The number of hydrogen-bond acceptors (Lipinski definition) is 0. The molecular formula is C11H10I2. The van der Waals surface area contributed by atoms with E-state index in [0.717, 1.165) is 11.8 Å². The van der Waals surface area contributed by atoms with Gasteiger partial charge in [0.05, 0.1) is 0 Å². The Kier molecular flexibility index (Phi) is 3.29. The van der Waals surface area contributed by atoms with Gasteiger partial charge in [-0.1, -0.05) is 36.4 Å². The van der Waals surface area contributed by atoms with Crippen molar-refractivity contribution in [2.24, 2.45) is 5.92 Å². The first-order valence-electron chi connectivity index (χ1n) is 4.35. The van der Waals surface area contributed by atoms with Crippen molar-refractivity contribution in [2.45, 2.75) is 12.3 Å². The van der Waals surface area contributed by atoms with Gasteiger partial charge in [-0.05, 0) is 69.0 Å². The third-order valence-electron chi connectivity index (χ3n) is 2.41. The molecule has 1 aliphatic rings. The summed E-state index contributed by atoms with van der Waals surface area (Å²) in [6, 6.07) is 10.8. The summed E-state index contributed by atoms with van der Waals surface area (Å²) < 4.78 is 1.39. The van der Waals surface area contributed by atoms with Gasteiger partial charge in [0.1, 0.15) is 0 Å². The summed E-state index contributed by atoms with van der Waals surface area (Å²) in [5.41, 5.74) is 1.50. The highest BCUT2D eigenvalue weighted by Gasteiger charge is 2.36. The second-order valence-corrected chi connectivity index (χ2v) is 7.76. The zero-order valence-electron chi connectivity index (χ0n) is 7.08. The number of benzene rings is 1. The summed E-state index contributed by atoms with van der Waals surface area (Å²) in [5.74, 6) is 1.59. The molecule has 0 aliphatic heterocycles. The number of rotatable bonds is 2. The Morgan fingerprint density at radius 3 is 2.54 bits per heavy atom. The first-order valence-corrected chi connectivity index (χ1v) is 6.51. The zero-order valence-corrected chi connectivity index (χ0v) is 11.4. The molecule has 2 heteroatoms. The van der Waals surface area contributed by atoms with Gasteiger partial charge in [0, 0.05) is 1.59 Å². The summed E-state index contributed by atoms with van der Waals surface area (Å²) in [5, 5.41) is 0. The lowest BCUT2D eigenvalue weighted by atomic mass is 10.1. The molecular weight excluding hydrogens is 386 g/mol. The first-order chi connectivity index (χ1) is 6.27. The minimum atomic E-state index is 0.792. The SMILES string of the molecule is IC(I)=CC1CC1c1ccccc1. The molecule has 2 atom stereocenters. The van der Waals surface area contributed by atoms with Gasteiger partial charge in [-0.15, -0.1) is 0 Å². The van der Waals surface area contributed by atoms with Crippen LogP contribution in [0.3, 0.4) is 0 Å². The molecule has 2 rings (SSSR count). The van der Waals surface area contributed by atoms with Gasteiger partial charge in [-0.3, -0.25) is 0 Å². The van der Waals surface area contributed by atoms with Crippen molar-refractivity contribution in [3.05, 3.63) is 43.6 Å². The van der Waals surface area contributed by atoms with Gasteiger partial charge >= 0.3 is 0 Å². The van der Waals surface area contributed by atoms with Crippen LogP contribution in [0.15, 0.2) is 38.0 Å². The normalized spacial score (nSPS) is 25.4. The number of halogens is 2. The molecule has 13 heavy (non-hydrogen) atoms. The summed E-state index contributed by atoms with van der Waals surface area (Å²) in [7, 11) is 0. The monoisotopic (exact) mass is 396 g/mol. The smallest absolute Gasteiger partial charge is 0.0477 e. The van der Waals surface area contributed by atoms with Gasteiger partial charge in [0.15, 0.2) is 0 Å². The lowest BCUT2D eigenvalue weighted by Crippen LogP contribution is -1.79. The summed E-state index contributed by atoms with van der Waals surface area (Å²) >= 11 is 4.75. The molecule has 0 aromatic heterocycles. The lowest BCUT2D eigenvalue weighted by molar-refractivity contribution is 1.01. The largest absolute Gasteiger partial charge is 0.0622 e. The molecule has 1 fully saturated rings. The predicted molar refractivity (Wildman–Crippen MR) is 73.4 cm³/mol. The standard InChI is InChI=1S/C11H10I2/c12-11(13)7-9-6-10(9)8-4-2-1-3-5-8/h1-5,7,9-10H,6H2. The van der Waals surface area contributed by atoms with E-state index in [2.05, 4.69) is 81.6 Å². The van der Waals surface area contributed by atoms with E-state index in [0.29, 0.717) is 0 Å². The Balaban J connectivity index is 2.05. The van der Waals surface area contributed by atoms with Crippen molar-refractivity contribution in [3.8, 4) is 0 Å². The second kappa shape index (κ2) is 4.29. The van der Waals surface area contributed by atoms with Crippen molar-refractivity contribution in [2.75, 3.05) is 0 Å². The molecule has 0 bridgehead atoms. The lowest BCUT2D eigenvalue weighted by Gasteiger charge is -1.95. The summed E-state index contributed by atoms with van der Waals surface area (Å²) in [4.78, 5) is 0. The van der Waals surface area contributed by atoms with Crippen molar-refractivity contribution < 1.29 is 0 Å². The average molecular weight is 396 g/mol. The molecule has 1 aromatic rings. The Morgan fingerprint density at radius 2 is 1.92 bits per heavy atom. The van der Waals surface area contributed by atoms with E-state index in [1.807, 2.05) is 0 Å². The zero-order chi connectivity index (χ0) is 9.26. The molecule has 2 unspecified atom stereocenters. The van der Waals surface area contributed by atoms with Crippen LogP contribution >= 0.6 is 45.2 Å². The van der Waals surface area contributed by atoms with Crippen LogP contribution in [0.25, 0.3) is 0 Å². The Morgan fingerprint density at radius 1 is 1.23 bits per heavy atom. The van der Waals surface area contributed by atoms with E-state index in [1.165, 1.54) is 13.6 Å². The fourth-order valence-corrected chi connectivity index (χ4v) is 2.57. The quantitative estimate of drug-likeness (QED) is 0.646. The van der Waals surface area contributed by atoms with E-state index < -0.39 is 0 Å². The molecule has 0 amide bonds. The van der Waals surface area contributed by atoms with E-state index >= 15 is 0 Å². The molecule has 0 spiro atoms. The van der Waals surface area contributed by atoms with Gasteiger partial charge in [-0.2, -0.15) is 0 Å². The molecule has 1 aromatic carbocycles. The molecule has 0 N–H and O–H groups in total. The van der Waals surface area contributed by atoms with E-state index in [4.69, 9.17) is 0 Å². The molecule has 1 saturated carbocycles. The average Bonchev–Trinajstić information content (AvgIpc) is 2.84. The minimum absolute atomic E-state index is 0.792. The third kappa shape index (κ3) is 2.68. The van der Waals surface area contributed by atoms with Gasteiger partial charge in [-0.25, -0.2) is 0 Å². The maximum Gasteiger partial charge on any atom is 0.0477 e. The van der Waals surface area contributed by atoms with Crippen LogP contribution in [0, 0.1) is 5.92 Å². The Hall–Kier alpha value is 0.420. The summed E-state index contributed by atoms with van der Waals surface area (Å²) in [6.45, 7) is 0.